The van der Waals surface area contributed by atoms with Gasteiger partial charge in [-0.05, 0) is 92.0 Å². The lowest BCUT2D eigenvalue weighted by molar-refractivity contribution is -0.118. The van der Waals surface area contributed by atoms with Crippen molar-refractivity contribution in [3.8, 4) is 5.75 Å². The van der Waals surface area contributed by atoms with E-state index in [4.69, 9.17) is 4.74 Å². The number of rotatable bonds is 8. The second-order valence-electron chi connectivity index (χ2n) is 11.3. The van der Waals surface area contributed by atoms with Gasteiger partial charge in [0.25, 0.3) is 0 Å². The predicted octanol–water partition coefficient (Wildman–Crippen LogP) is 5.16. The van der Waals surface area contributed by atoms with Crippen LogP contribution in [0, 0.1) is 30.5 Å². The van der Waals surface area contributed by atoms with Gasteiger partial charge in [0.2, 0.25) is 11.9 Å². The van der Waals surface area contributed by atoms with Crippen LogP contribution in [0.4, 0.5) is 16.0 Å². The number of aryl methyl sites for hydroxylation is 2. The Labute approximate surface area is 229 Å². The highest BCUT2D eigenvalue weighted by atomic mass is 19.1. The number of hydrogen-bond acceptors (Lipinski definition) is 6. The molecule has 4 heterocycles. The lowest BCUT2D eigenvalue weighted by Crippen LogP contribution is -2.36. The summed E-state index contributed by atoms with van der Waals surface area (Å²) in [6.45, 7) is 5.29. The number of fused-ring (bicyclic) bond motifs is 1. The summed E-state index contributed by atoms with van der Waals surface area (Å²) in [5.74, 6) is 3.12. The first kappa shape index (κ1) is 25.7. The Bertz CT molecular complexity index is 1310. The van der Waals surface area contributed by atoms with E-state index in [1.54, 1.807) is 23.2 Å². The van der Waals surface area contributed by atoms with Gasteiger partial charge >= 0.3 is 0 Å². The average Bonchev–Trinajstić information content (AvgIpc) is 3.74. The van der Waals surface area contributed by atoms with Crippen molar-refractivity contribution in [1.82, 2.24) is 15.0 Å². The second kappa shape index (κ2) is 11.3. The minimum absolute atomic E-state index is 0.0342. The minimum atomic E-state index is -0.388. The zero-order chi connectivity index (χ0) is 26.8. The van der Waals surface area contributed by atoms with Crippen LogP contribution in [0.1, 0.15) is 48.8 Å². The van der Waals surface area contributed by atoms with Gasteiger partial charge in [0.15, 0.2) is 0 Å². The van der Waals surface area contributed by atoms with Crippen molar-refractivity contribution >= 4 is 17.5 Å². The topological polar surface area (TPSA) is 71.5 Å². The SMILES string of the molecule is Cc1cnc(N2CCC([C@H]3C[C@H]3CCOc3ccc(CC(=O)N4CCCc5cnccc54)c(F)c3)CC2)nc1. The lowest BCUT2D eigenvalue weighted by Gasteiger charge is -2.32. The quantitative estimate of drug-likeness (QED) is 0.401. The zero-order valence-corrected chi connectivity index (χ0v) is 22.6. The fourth-order valence-corrected chi connectivity index (χ4v) is 6.29. The maximum Gasteiger partial charge on any atom is 0.231 e. The molecule has 39 heavy (non-hydrogen) atoms. The number of piperidine rings is 1. The number of carbonyl (C=O) groups is 1. The van der Waals surface area contributed by atoms with Crippen LogP contribution >= 0.6 is 0 Å². The van der Waals surface area contributed by atoms with Crippen molar-refractivity contribution in [2.75, 3.05) is 36.0 Å². The number of aromatic nitrogens is 3. The van der Waals surface area contributed by atoms with Crippen molar-refractivity contribution in [3.63, 3.8) is 0 Å². The van der Waals surface area contributed by atoms with Crippen molar-refractivity contribution in [3.05, 3.63) is 71.6 Å². The first-order valence-corrected chi connectivity index (χ1v) is 14.2. The molecule has 0 spiro atoms. The van der Waals surface area contributed by atoms with Gasteiger partial charge in [-0.25, -0.2) is 14.4 Å². The first-order valence-electron chi connectivity index (χ1n) is 14.2. The fraction of sp³-hybridized carbons (Fsp3) is 0.484. The van der Waals surface area contributed by atoms with Crippen molar-refractivity contribution < 1.29 is 13.9 Å². The van der Waals surface area contributed by atoms with E-state index in [1.807, 2.05) is 31.6 Å². The summed E-state index contributed by atoms with van der Waals surface area (Å²) in [6.07, 6.45) is 13.8. The average molecular weight is 530 g/mol. The maximum atomic E-state index is 14.9. The Morgan fingerprint density at radius 3 is 2.72 bits per heavy atom. The third kappa shape index (κ3) is 5.89. The summed E-state index contributed by atoms with van der Waals surface area (Å²) in [7, 11) is 0. The van der Waals surface area contributed by atoms with Gasteiger partial charge in [0.1, 0.15) is 11.6 Å². The standard InChI is InChI=1S/C31H36FN5O2/c1-21-18-34-31(35-19-21)36-12-7-22(8-13-36)27-15-23(27)9-14-39-26-5-4-24(28(32)17-26)16-30(38)37-11-2-3-25-20-33-10-6-29(25)37/h4-6,10,17-20,22-23,27H,2-3,7-9,11-16H2,1H3/t23-,27-/m1/s1. The molecule has 0 radical (unpaired) electrons. The molecule has 2 aromatic heterocycles. The molecular weight excluding hydrogens is 493 g/mol. The number of ether oxygens (including phenoxy) is 1. The highest BCUT2D eigenvalue weighted by molar-refractivity contribution is 5.95. The molecule has 0 N–H and O–H groups in total. The summed E-state index contributed by atoms with van der Waals surface area (Å²) in [5.41, 5.74) is 3.45. The van der Waals surface area contributed by atoms with Gasteiger partial charge in [-0.3, -0.25) is 9.78 Å². The van der Waals surface area contributed by atoms with Crippen molar-refractivity contribution in [1.29, 1.82) is 0 Å². The predicted molar refractivity (Wildman–Crippen MR) is 148 cm³/mol. The summed E-state index contributed by atoms with van der Waals surface area (Å²) >= 11 is 0. The molecule has 1 aromatic carbocycles. The number of amides is 1. The maximum absolute atomic E-state index is 14.9. The number of carbonyl (C=O) groups excluding carboxylic acids is 1. The van der Waals surface area contributed by atoms with E-state index in [-0.39, 0.29) is 18.1 Å². The van der Waals surface area contributed by atoms with Gasteiger partial charge in [0, 0.05) is 56.2 Å². The second-order valence-corrected chi connectivity index (χ2v) is 11.3. The molecule has 3 aromatic rings. The Morgan fingerprint density at radius 1 is 1.10 bits per heavy atom. The summed E-state index contributed by atoms with van der Waals surface area (Å²) in [5, 5.41) is 0. The number of pyridine rings is 1. The fourth-order valence-electron chi connectivity index (χ4n) is 6.29. The van der Waals surface area contributed by atoms with E-state index in [1.165, 1.54) is 25.3 Å². The molecule has 2 fully saturated rings. The number of anilines is 2. The third-order valence-electron chi connectivity index (χ3n) is 8.59. The largest absolute Gasteiger partial charge is 0.493 e. The van der Waals surface area contributed by atoms with E-state index >= 15 is 0 Å². The molecule has 0 unspecified atom stereocenters. The highest BCUT2D eigenvalue weighted by Crippen LogP contribution is 2.49. The molecule has 0 bridgehead atoms. The van der Waals surface area contributed by atoms with Gasteiger partial charge in [-0.1, -0.05) is 6.07 Å². The molecule has 6 rings (SSSR count). The van der Waals surface area contributed by atoms with Crippen LogP contribution in [0.3, 0.4) is 0 Å². The van der Waals surface area contributed by atoms with Crippen LogP contribution in [0.15, 0.2) is 49.1 Å². The number of hydrogen-bond donors (Lipinski definition) is 0. The van der Waals surface area contributed by atoms with Crippen LogP contribution in [-0.4, -0.2) is 47.1 Å². The first-order chi connectivity index (χ1) is 19.0. The summed E-state index contributed by atoms with van der Waals surface area (Å²) in [4.78, 5) is 30.2. The monoisotopic (exact) mass is 529 g/mol. The van der Waals surface area contributed by atoms with E-state index in [0.29, 0.717) is 30.4 Å². The van der Waals surface area contributed by atoms with E-state index in [2.05, 4.69) is 19.9 Å². The van der Waals surface area contributed by atoms with Crippen LogP contribution < -0.4 is 14.5 Å². The van der Waals surface area contributed by atoms with E-state index in [9.17, 15) is 9.18 Å². The Balaban J connectivity index is 0.943. The normalized spacial score (nSPS) is 21.0. The number of nitrogens with zero attached hydrogens (tertiary/aromatic N) is 5. The van der Waals surface area contributed by atoms with Crippen LogP contribution in [0.25, 0.3) is 0 Å². The molecule has 2 aliphatic heterocycles. The molecule has 7 nitrogen and oxygen atoms in total. The number of halogens is 1. The number of benzene rings is 1. The highest BCUT2D eigenvalue weighted by Gasteiger charge is 2.43. The summed E-state index contributed by atoms with van der Waals surface area (Å²) in [6, 6.07) is 6.76. The van der Waals surface area contributed by atoms with Crippen LogP contribution in [0.2, 0.25) is 0 Å². The third-order valence-corrected chi connectivity index (χ3v) is 8.59. The molecule has 3 aliphatic rings. The molecule has 1 aliphatic carbocycles. The van der Waals surface area contributed by atoms with Crippen molar-refractivity contribution in [2.24, 2.45) is 17.8 Å². The Kier molecular flexibility index (Phi) is 7.44. The molecule has 2 atom stereocenters. The van der Waals surface area contributed by atoms with E-state index in [0.717, 1.165) is 67.0 Å². The van der Waals surface area contributed by atoms with Gasteiger partial charge in [-0.15, -0.1) is 0 Å². The Morgan fingerprint density at radius 2 is 1.92 bits per heavy atom. The molecule has 204 valence electrons. The molecule has 1 saturated carbocycles. The smallest absolute Gasteiger partial charge is 0.231 e. The van der Waals surface area contributed by atoms with Gasteiger partial charge in [0.05, 0.1) is 13.0 Å². The zero-order valence-electron chi connectivity index (χ0n) is 22.6. The van der Waals surface area contributed by atoms with Crippen LogP contribution in [-0.2, 0) is 17.6 Å². The lowest BCUT2D eigenvalue weighted by atomic mass is 9.90. The molecule has 1 saturated heterocycles. The van der Waals surface area contributed by atoms with Gasteiger partial charge < -0.3 is 14.5 Å². The van der Waals surface area contributed by atoms with Gasteiger partial charge in [-0.2, -0.15) is 0 Å². The van der Waals surface area contributed by atoms with E-state index < -0.39 is 0 Å². The van der Waals surface area contributed by atoms with Crippen molar-refractivity contribution in [2.45, 2.75) is 51.9 Å². The minimum Gasteiger partial charge on any atom is -0.493 e. The van der Waals surface area contributed by atoms with Crippen LogP contribution in [0.5, 0.6) is 5.75 Å². The molecular formula is C31H36FN5O2. The molecule has 8 heteroatoms. The summed E-state index contributed by atoms with van der Waals surface area (Å²) < 4.78 is 20.8. The molecule has 1 amide bonds. The Hall–Kier alpha value is -3.55.